The van der Waals surface area contributed by atoms with Gasteiger partial charge in [0.05, 0.1) is 5.02 Å². The fourth-order valence-corrected chi connectivity index (χ4v) is 2.49. The number of halogens is 2. The first kappa shape index (κ1) is 15.2. The van der Waals surface area contributed by atoms with Crippen LogP contribution in [-0.2, 0) is 11.3 Å². The number of H-pyrrole nitrogens is 1. The first-order valence-electron chi connectivity index (χ1n) is 6.95. The number of amides is 1. The van der Waals surface area contributed by atoms with Crippen LogP contribution >= 0.6 is 11.6 Å². The van der Waals surface area contributed by atoms with Crippen molar-refractivity contribution in [2.75, 3.05) is 0 Å². The van der Waals surface area contributed by atoms with Crippen LogP contribution in [0.3, 0.4) is 0 Å². The van der Waals surface area contributed by atoms with Crippen LogP contribution in [0, 0.1) is 5.82 Å². The maximum absolute atomic E-state index is 13.1. The lowest BCUT2D eigenvalue weighted by Gasteiger charge is -2.02. The highest BCUT2D eigenvalue weighted by Crippen LogP contribution is 2.25. The Labute approximate surface area is 137 Å². The SMILES string of the molecule is O=C(/C=C/c1c[nH]c2nccc(Cl)c12)NCc1cccc(F)c1. The Kier molecular flexibility index (Phi) is 4.39. The number of pyridine rings is 1. The van der Waals surface area contributed by atoms with Crippen molar-refractivity contribution >= 4 is 34.6 Å². The topological polar surface area (TPSA) is 57.8 Å². The third kappa shape index (κ3) is 3.57. The third-order valence-electron chi connectivity index (χ3n) is 3.32. The Hall–Kier alpha value is -2.66. The van der Waals surface area contributed by atoms with Crippen molar-refractivity contribution in [1.29, 1.82) is 0 Å². The molecule has 116 valence electrons. The van der Waals surface area contributed by atoms with Gasteiger partial charge >= 0.3 is 0 Å². The number of carbonyl (C=O) groups excluding carboxylic acids is 1. The molecule has 0 fully saturated rings. The smallest absolute Gasteiger partial charge is 0.244 e. The van der Waals surface area contributed by atoms with E-state index in [0.717, 1.165) is 10.9 Å². The molecule has 0 aliphatic carbocycles. The van der Waals surface area contributed by atoms with Crippen LogP contribution in [0.2, 0.25) is 5.02 Å². The predicted molar refractivity (Wildman–Crippen MR) is 88.4 cm³/mol. The van der Waals surface area contributed by atoms with Crippen molar-refractivity contribution in [2.45, 2.75) is 6.54 Å². The summed E-state index contributed by atoms with van der Waals surface area (Å²) in [5.74, 6) is -0.600. The molecular weight excluding hydrogens is 317 g/mol. The van der Waals surface area contributed by atoms with Gasteiger partial charge in [0.25, 0.3) is 0 Å². The van der Waals surface area contributed by atoms with Gasteiger partial charge in [0.15, 0.2) is 0 Å². The zero-order valence-corrected chi connectivity index (χ0v) is 12.8. The Morgan fingerprint density at radius 2 is 2.26 bits per heavy atom. The number of hydrogen-bond donors (Lipinski definition) is 2. The van der Waals surface area contributed by atoms with E-state index in [1.807, 2.05) is 0 Å². The van der Waals surface area contributed by atoms with Crippen molar-refractivity contribution in [3.63, 3.8) is 0 Å². The van der Waals surface area contributed by atoms with Gasteiger partial charge in [-0.1, -0.05) is 23.7 Å². The summed E-state index contributed by atoms with van der Waals surface area (Å²) in [5.41, 5.74) is 2.14. The standard InChI is InChI=1S/C17H13ClFN3O/c18-14-6-7-20-17-16(14)12(10-22-17)4-5-15(23)21-9-11-2-1-3-13(19)8-11/h1-8,10H,9H2,(H,20,22)(H,21,23)/b5-4+. The molecule has 6 heteroatoms. The van der Waals surface area contributed by atoms with Gasteiger partial charge in [-0.2, -0.15) is 0 Å². The highest BCUT2D eigenvalue weighted by molar-refractivity contribution is 6.35. The second-order valence-corrected chi connectivity index (χ2v) is 5.35. The Morgan fingerprint density at radius 3 is 3.09 bits per heavy atom. The summed E-state index contributed by atoms with van der Waals surface area (Å²) in [6, 6.07) is 7.79. The van der Waals surface area contributed by atoms with Crippen LogP contribution < -0.4 is 5.32 Å². The molecule has 0 saturated carbocycles. The summed E-state index contributed by atoms with van der Waals surface area (Å²) in [5, 5.41) is 4.03. The van der Waals surface area contributed by atoms with E-state index in [1.165, 1.54) is 18.2 Å². The number of aromatic amines is 1. The van der Waals surface area contributed by atoms with E-state index in [2.05, 4.69) is 15.3 Å². The summed E-state index contributed by atoms with van der Waals surface area (Å²) >= 11 is 6.14. The molecule has 2 N–H and O–H groups in total. The minimum absolute atomic E-state index is 0.261. The lowest BCUT2D eigenvalue weighted by molar-refractivity contribution is -0.116. The average Bonchev–Trinajstić information content (AvgIpc) is 2.96. The normalized spacial score (nSPS) is 11.2. The Bertz CT molecular complexity index is 888. The van der Waals surface area contributed by atoms with E-state index >= 15 is 0 Å². The summed E-state index contributed by atoms with van der Waals surface area (Å²) in [6.45, 7) is 0.261. The highest BCUT2D eigenvalue weighted by atomic mass is 35.5. The zero-order valence-electron chi connectivity index (χ0n) is 12.0. The van der Waals surface area contributed by atoms with Crippen molar-refractivity contribution in [3.8, 4) is 0 Å². The van der Waals surface area contributed by atoms with Gasteiger partial charge in [0, 0.05) is 36.0 Å². The van der Waals surface area contributed by atoms with Crippen LogP contribution in [0.4, 0.5) is 4.39 Å². The number of rotatable bonds is 4. The lowest BCUT2D eigenvalue weighted by Crippen LogP contribution is -2.20. The number of hydrogen-bond acceptors (Lipinski definition) is 2. The molecule has 2 aromatic heterocycles. The van der Waals surface area contributed by atoms with Gasteiger partial charge in [0.1, 0.15) is 11.5 Å². The second kappa shape index (κ2) is 6.62. The molecule has 0 radical (unpaired) electrons. The fraction of sp³-hybridized carbons (Fsp3) is 0.0588. The summed E-state index contributed by atoms with van der Waals surface area (Å²) < 4.78 is 13.1. The molecule has 1 amide bonds. The lowest BCUT2D eigenvalue weighted by atomic mass is 10.2. The average molecular weight is 330 g/mol. The predicted octanol–water partition coefficient (Wildman–Crippen LogP) is 3.69. The van der Waals surface area contributed by atoms with Crippen LogP contribution in [0.15, 0.2) is 48.8 Å². The molecule has 3 aromatic rings. The molecule has 0 bridgehead atoms. The second-order valence-electron chi connectivity index (χ2n) is 4.94. The van der Waals surface area contributed by atoms with Crippen molar-refractivity contribution in [2.24, 2.45) is 0 Å². The molecule has 23 heavy (non-hydrogen) atoms. The molecule has 0 aliphatic heterocycles. The van der Waals surface area contributed by atoms with Crippen molar-refractivity contribution in [1.82, 2.24) is 15.3 Å². The first-order valence-corrected chi connectivity index (χ1v) is 7.33. The van der Waals surface area contributed by atoms with Gasteiger partial charge in [-0.3, -0.25) is 4.79 Å². The number of nitrogens with zero attached hydrogens (tertiary/aromatic N) is 1. The molecule has 1 aromatic carbocycles. The molecule has 4 nitrogen and oxygen atoms in total. The van der Waals surface area contributed by atoms with Crippen LogP contribution in [0.25, 0.3) is 17.1 Å². The number of benzene rings is 1. The molecule has 0 saturated heterocycles. The van der Waals surface area contributed by atoms with Crippen LogP contribution in [0.5, 0.6) is 0 Å². The Balaban J connectivity index is 1.68. The van der Waals surface area contributed by atoms with Crippen LogP contribution in [-0.4, -0.2) is 15.9 Å². The minimum atomic E-state index is -0.326. The van der Waals surface area contributed by atoms with Crippen molar-refractivity contribution in [3.05, 3.63) is 70.8 Å². The molecule has 2 heterocycles. The number of aromatic nitrogens is 2. The van der Waals surface area contributed by atoms with E-state index in [1.54, 1.807) is 36.7 Å². The third-order valence-corrected chi connectivity index (χ3v) is 3.64. The quantitative estimate of drug-likeness (QED) is 0.717. The van der Waals surface area contributed by atoms with E-state index in [-0.39, 0.29) is 18.3 Å². The fourth-order valence-electron chi connectivity index (χ4n) is 2.23. The summed E-state index contributed by atoms with van der Waals surface area (Å²) in [7, 11) is 0. The van der Waals surface area contributed by atoms with E-state index < -0.39 is 0 Å². The van der Waals surface area contributed by atoms with Gasteiger partial charge in [-0.15, -0.1) is 0 Å². The molecule has 0 unspecified atom stereocenters. The maximum Gasteiger partial charge on any atom is 0.244 e. The number of fused-ring (bicyclic) bond motifs is 1. The number of carbonyl (C=O) groups is 1. The molecule has 0 aliphatic rings. The largest absolute Gasteiger partial charge is 0.348 e. The Morgan fingerprint density at radius 1 is 1.39 bits per heavy atom. The molecule has 0 spiro atoms. The molecular formula is C17H13ClFN3O. The van der Waals surface area contributed by atoms with E-state index in [0.29, 0.717) is 16.2 Å². The zero-order chi connectivity index (χ0) is 16.2. The minimum Gasteiger partial charge on any atom is -0.348 e. The van der Waals surface area contributed by atoms with Gasteiger partial charge in [0.2, 0.25) is 5.91 Å². The summed E-state index contributed by atoms with van der Waals surface area (Å²) in [6.07, 6.45) is 6.42. The number of nitrogens with one attached hydrogen (secondary N) is 2. The summed E-state index contributed by atoms with van der Waals surface area (Å²) in [4.78, 5) is 19.0. The van der Waals surface area contributed by atoms with Gasteiger partial charge < -0.3 is 10.3 Å². The van der Waals surface area contributed by atoms with E-state index in [4.69, 9.17) is 11.6 Å². The molecule has 0 atom stereocenters. The maximum atomic E-state index is 13.1. The van der Waals surface area contributed by atoms with E-state index in [9.17, 15) is 9.18 Å². The highest BCUT2D eigenvalue weighted by Gasteiger charge is 2.06. The van der Waals surface area contributed by atoms with Gasteiger partial charge in [-0.05, 0) is 29.8 Å². The van der Waals surface area contributed by atoms with Gasteiger partial charge in [-0.25, -0.2) is 9.37 Å². The van der Waals surface area contributed by atoms with Crippen LogP contribution in [0.1, 0.15) is 11.1 Å². The monoisotopic (exact) mass is 329 g/mol. The molecule has 3 rings (SSSR count). The first-order chi connectivity index (χ1) is 11.1. The van der Waals surface area contributed by atoms with Crippen molar-refractivity contribution < 1.29 is 9.18 Å².